The molecule has 0 bridgehead atoms. The third-order valence-corrected chi connectivity index (χ3v) is 8.82. The Bertz CT molecular complexity index is 1480. The van der Waals surface area contributed by atoms with Gasteiger partial charge in [-0.1, -0.05) is 17.4 Å². The normalized spacial score (nSPS) is 19.5. The molecule has 1 amide bonds. The van der Waals surface area contributed by atoms with Crippen molar-refractivity contribution in [1.82, 2.24) is 8.87 Å². The Balaban J connectivity index is 1.68. The molecule has 192 valence electrons. The van der Waals surface area contributed by atoms with Gasteiger partial charge in [0, 0.05) is 18.7 Å². The van der Waals surface area contributed by atoms with Gasteiger partial charge in [-0.15, -0.1) is 0 Å². The van der Waals surface area contributed by atoms with Crippen molar-refractivity contribution in [2.75, 3.05) is 20.2 Å². The largest absolute Gasteiger partial charge is 0.468 e. The Morgan fingerprint density at radius 3 is 2.36 bits per heavy atom. The summed E-state index contributed by atoms with van der Waals surface area (Å²) >= 11 is 1.31. The first-order chi connectivity index (χ1) is 17.0. The molecule has 2 unspecified atom stereocenters. The quantitative estimate of drug-likeness (QED) is 0.469. The van der Waals surface area contributed by atoms with E-state index >= 15 is 0 Å². The summed E-state index contributed by atoms with van der Waals surface area (Å²) < 4.78 is 40.7. The van der Waals surface area contributed by atoms with E-state index in [1.807, 2.05) is 39.8 Å². The lowest BCUT2D eigenvalue weighted by atomic mass is 10.1. The lowest BCUT2D eigenvalue weighted by Crippen LogP contribution is -2.48. The summed E-state index contributed by atoms with van der Waals surface area (Å²) in [5.41, 5.74) is 3.08. The van der Waals surface area contributed by atoms with Gasteiger partial charge in [-0.05, 0) is 69.2 Å². The number of amides is 1. The number of hydrogen-bond donors (Lipinski definition) is 0. The maximum Gasteiger partial charge on any atom is 0.325 e. The Labute approximate surface area is 214 Å². The number of morpholine rings is 1. The third kappa shape index (κ3) is 5.29. The average molecular weight is 532 g/mol. The van der Waals surface area contributed by atoms with Crippen molar-refractivity contribution in [1.29, 1.82) is 0 Å². The van der Waals surface area contributed by atoms with Crippen LogP contribution < -0.4 is 4.80 Å². The van der Waals surface area contributed by atoms with E-state index in [2.05, 4.69) is 4.99 Å². The highest BCUT2D eigenvalue weighted by atomic mass is 32.2. The zero-order chi connectivity index (χ0) is 26.2. The number of ether oxygens (including phenoxy) is 2. The van der Waals surface area contributed by atoms with E-state index in [0.717, 1.165) is 21.3 Å². The molecule has 2 heterocycles. The molecule has 3 aromatic rings. The van der Waals surface area contributed by atoms with Crippen molar-refractivity contribution < 1.29 is 27.5 Å². The highest BCUT2D eigenvalue weighted by Crippen LogP contribution is 2.24. The van der Waals surface area contributed by atoms with Gasteiger partial charge in [-0.25, -0.2) is 8.42 Å². The molecule has 0 radical (unpaired) electrons. The Morgan fingerprint density at radius 2 is 1.75 bits per heavy atom. The number of methoxy groups -OCH3 is 1. The molecule has 0 saturated carbocycles. The predicted octanol–water partition coefficient (Wildman–Crippen LogP) is 3.03. The number of rotatable bonds is 5. The van der Waals surface area contributed by atoms with E-state index in [1.54, 1.807) is 4.57 Å². The molecule has 1 saturated heterocycles. The topological polar surface area (TPSA) is 107 Å². The maximum atomic E-state index is 13.1. The van der Waals surface area contributed by atoms with Crippen molar-refractivity contribution in [2.45, 2.75) is 51.3 Å². The van der Waals surface area contributed by atoms with Gasteiger partial charge in [0.2, 0.25) is 10.0 Å². The molecule has 11 heteroatoms. The van der Waals surface area contributed by atoms with E-state index in [4.69, 9.17) is 9.47 Å². The molecule has 1 fully saturated rings. The van der Waals surface area contributed by atoms with Gasteiger partial charge >= 0.3 is 5.97 Å². The van der Waals surface area contributed by atoms with E-state index in [-0.39, 0.29) is 42.3 Å². The van der Waals surface area contributed by atoms with Crippen LogP contribution >= 0.6 is 11.3 Å². The first kappa shape index (κ1) is 26.2. The molecule has 9 nitrogen and oxygen atoms in total. The van der Waals surface area contributed by atoms with Crippen LogP contribution in [0.2, 0.25) is 0 Å². The van der Waals surface area contributed by atoms with Gasteiger partial charge in [-0.3, -0.25) is 9.59 Å². The second-order valence-electron chi connectivity index (χ2n) is 9.00. The standard InChI is InChI=1S/C25H29N3O6S2/c1-15-10-16(2)23-21(11-15)35-25(28(23)14-22(29)33-5)26-24(30)19-6-8-20(9-7-19)36(31,32)27-12-17(3)34-18(4)13-27/h6-11,17-18H,12-14H2,1-5H3. The second kappa shape index (κ2) is 10.3. The zero-order valence-corrected chi connectivity index (χ0v) is 22.5. The second-order valence-corrected chi connectivity index (χ2v) is 11.9. The van der Waals surface area contributed by atoms with E-state index in [0.29, 0.717) is 4.80 Å². The van der Waals surface area contributed by atoms with Gasteiger partial charge in [0.25, 0.3) is 5.91 Å². The fraction of sp³-hybridized carbons (Fsp3) is 0.400. The van der Waals surface area contributed by atoms with Crippen LogP contribution in [0.4, 0.5) is 0 Å². The molecule has 1 aliphatic rings. The van der Waals surface area contributed by atoms with E-state index in [1.165, 1.54) is 47.0 Å². The van der Waals surface area contributed by atoms with Gasteiger partial charge in [-0.2, -0.15) is 9.30 Å². The van der Waals surface area contributed by atoms with Crippen LogP contribution in [0.5, 0.6) is 0 Å². The van der Waals surface area contributed by atoms with Crippen LogP contribution in [0.3, 0.4) is 0 Å². The van der Waals surface area contributed by atoms with Crippen molar-refractivity contribution in [2.24, 2.45) is 4.99 Å². The molecule has 4 rings (SSSR count). The molecule has 0 N–H and O–H groups in total. The summed E-state index contributed by atoms with van der Waals surface area (Å²) in [6.07, 6.45) is -0.401. The number of carbonyl (C=O) groups is 2. The monoisotopic (exact) mass is 531 g/mol. The number of thiazole rings is 1. The highest BCUT2D eigenvalue weighted by molar-refractivity contribution is 7.89. The molecule has 1 aliphatic heterocycles. The molecule has 0 aliphatic carbocycles. The molecule has 2 aromatic carbocycles. The van der Waals surface area contributed by atoms with Gasteiger partial charge < -0.3 is 14.0 Å². The van der Waals surface area contributed by atoms with Crippen LogP contribution in [0.15, 0.2) is 46.3 Å². The van der Waals surface area contributed by atoms with Gasteiger partial charge in [0.1, 0.15) is 6.54 Å². The summed E-state index contributed by atoms with van der Waals surface area (Å²) in [4.78, 5) is 29.9. The number of sulfonamides is 1. The summed E-state index contributed by atoms with van der Waals surface area (Å²) in [6.45, 7) is 8.06. The molecule has 36 heavy (non-hydrogen) atoms. The van der Waals surface area contributed by atoms with Crippen LogP contribution in [0, 0.1) is 13.8 Å². The van der Waals surface area contributed by atoms with Crippen LogP contribution in [0.1, 0.15) is 35.3 Å². The van der Waals surface area contributed by atoms with Crippen molar-refractivity contribution >= 4 is 43.5 Å². The van der Waals surface area contributed by atoms with Crippen LogP contribution in [-0.2, 0) is 30.8 Å². The van der Waals surface area contributed by atoms with Crippen molar-refractivity contribution in [3.63, 3.8) is 0 Å². The number of aryl methyl sites for hydroxylation is 2. The highest BCUT2D eigenvalue weighted by Gasteiger charge is 2.32. The Hall–Kier alpha value is -2.86. The Morgan fingerprint density at radius 1 is 1.11 bits per heavy atom. The lowest BCUT2D eigenvalue weighted by Gasteiger charge is -2.34. The minimum Gasteiger partial charge on any atom is -0.468 e. The molecule has 0 spiro atoms. The molecule has 1 aromatic heterocycles. The zero-order valence-electron chi connectivity index (χ0n) is 20.8. The molecule has 2 atom stereocenters. The Kier molecular flexibility index (Phi) is 7.46. The molecular formula is C25H29N3O6S2. The van der Waals surface area contributed by atoms with E-state index < -0.39 is 21.9 Å². The van der Waals surface area contributed by atoms with Gasteiger partial charge in [0.05, 0.1) is 34.4 Å². The number of esters is 1. The third-order valence-electron chi connectivity index (χ3n) is 5.95. The minimum atomic E-state index is -3.72. The number of hydrogen-bond acceptors (Lipinski definition) is 7. The first-order valence-electron chi connectivity index (χ1n) is 11.5. The fourth-order valence-corrected chi connectivity index (χ4v) is 7.21. The maximum absolute atomic E-state index is 13.1. The number of nitrogens with zero attached hydrogens (tertiary/aromatic N) is 3. The first-order valence-corrected chi connectivity index (χ1v) is 13.8. The van der Waals surface area contributed by atoms with Crippen molar-refractivity contribution in [3.05, 3.63) is 57.9 Å². The number of aromatic nitrogens is 1. The summed E-state index contributed by atoms with van der Waals surface area (Å²) in [5, 5.41) is 0. The predicted molar refractivity (Wildman–Crippen MR) is 136 cm³/mol. The van der Waals surface area contributed by atoms with Crippen LogP contribution in [0.25, 0.3) is 10.2 Å². The van der Waals surface area contributed by atoms with E-state index in [9.17, 15) is 18.0 Å². The summed E-state index contributed by atoms with van der Waals surface area (Å²) in [5.74, 6) is -0.989. The molecular weight excluding hydrogens is 502 g/mol. The number of benzene rings is 2. The lowest BCUT2D eigenvalue weighted by molar-refractivity contribution is -0.141. The average Bonchev–Trinajstić information content (AvgIpc) is 3.14. The number of fused-ring (bicyclic) bond motifs is 1. The fourth-order valence-electron chi connectivity index (χ4n) is 4.41. The number of carbonyl (C=O) groups excluding carboxylic acids is 2. The minimum absolute atomic E-state index is 0.0832. The smallest absolute Gasteiger partial charge is 0.325 e. The SMILES string of the molecule is COC(=O)Cn1c(=NC(=O)c2ccc(S(=O)(=O)N3CC(C)OC(C)C3)cc2)sc2cc(C)cc(C)c21. The van der Waals surface area contributed by atoms with Crippen molar-refractivity contribution in [3.8, 4) is 0 Å². The van der Waals surface area contributed by atoms with Gasteiger partial charge in [0.15, 0.2) is 4.80 Å². The summed E-state index contributed by atoms with van der Waals surface area (Å²) in [7, 11) is -2.41. The van der Waals surface area contributed by atoms with Crippen LogP contribution in [-0.4, -0.2) is 61.6 Å². The summed E-state index contributed by atoms with van der Waals surface area (Å²) in [6, 6.07) is 9.74.